The molecule has 1 aliphatic heterocycles. The molecule has 0 radical (unpaired) electrons. The summed E-state index contributed by atoms with van der Waals surface area (Å²) >= 11 is 0. The Morgan fingerprint density at radius 3 is 1.84 bits per heavy atom. The van der Waals surface area contributed by atoms with E-state index < -0.39 is 0 Å². The molecule has 0 spiro atoms. The lowest BCUT2D eigenvalue weighted by atomic mass is 9.68. The summed E-state index contributed by atoms with van der Waals surface area (Å²) in [4.78, 5) is 0. The van der Waals surface area contributed by atoms with Crippen LogP contribution in [0.25, 0.3) is 10.8 Å². The molecule has 0 aromatic heterocycles. The van der Waals surface area contributed by atoms with Crippen LogP contribution < -0.4 is 5.32 Å². The highest BCUT2D eigenvalue weighted by atomic mass is 14.9. The van der Waals surface area contributed by atoms with Gasteiger partial charge >= 0.3 is 0 Å². The highest BCUT2D eigenvalue weighted by molar-refractivity contribution is 5.85. The Balaban J connectivity index is 1.84. The van der Waals surface area contributed by atoms with Crippen LogP contribution in [0.5, 0.6) is 0 Å². The van der Waals surface area contributed by atoms with E-state index in [-0.39, 0.29) is 5.41 Å². The van der Waals surface area contributed by atoms with Gasteiger partial charge in [0.15, 0.2) is 0 Å². The van der Waals surface area contributed by atoms with Crippen LogP contribution in [0.15, 0.2) is 91.0 Å². The van der Waals surface area contributed by atoms with Crippen molar-refractivity contribution in [2.24, 2.45) is 0 Å². The maximum absolute atomic E-state index is 3.60. The monoisotopic (exact) mass is 321 g/mol. The van der Waals surface area contributed by atoms with Crippen LogP contribution in [0.1, 0.15) is 23.6 Å². The van der Waals surface area contributed by atoms with Gasteiger partial charge in [0, 0.05) is 16.8 Å². The van der Waals surface area contributed by atoms with Crippen molar-refractivity contribution in [3.8, 4) is 0 Å². The van der Waals surface area contributed by atoms with Crippen molar-refractivity contribution in [1.82, 2.24) is 0 Å². The van der Waals surface area contributed by atoms with E-state index in [0.29, 0.717) is 0 Å². The minimum Gasteiger partial charge on any atom is -0.355 e. The minimum atomic E-state index is -0.178. The summed E-state index contributed by atoms with van der Waals surface area (Å²) in [5, 5.41) is 6.17. The maximum Gasteiger partial charge on any atom is 0.0464 e. The standard InChI is InChI=1S/C24H19N/c1-24(19-15-14-17-8-2-3-9-18(17)16-19)20-10-4-6-12-22(20)25-23-13-7-5-11-21(23)24/h2-16,25H,1H3. The van der Waals surface area contributed by atoms with E-state index in [1.165, 1.54) is 38.8 Å². The molecule has 25 heavy (non-hydrogen) atoms. The number of para-hydroxylation sites is 2. The SMILES string of the molecule is CC1(c2ccc3ccccc3c2)c2ccccc2Nc2ccccc21. The Kier molecular flexibility index (Phi) is 2.98. The number of hydrogen-bond acceptors (Lipinski definition) is 1. The molecule has 120 valence electrons. The normalized spacial score (nSPS) is 14.4. The number of fused-ring (bicyclic) bond motifs is 3. The van der Waals surface area contributed by atoms with E-state index in [9.17, 15) is 0 Å². The van der Waals surface area contributed by atoms with E-state index in [1.54, 1.807) is 0 Å². The molecule has 1 aliphatic rings. The number of benzene rings is 4. The highest BCUT2D eigenvalue weighted by Gasteiger charge is 2.38. The molecule has 0 amide bonds. The molecular formula is C24H19N. The predicted octanol–water partition coefficient (Wildman–Crippen LogP) is 6.25. The number of hydrogen-bond donors (Lipinski definition) is 1. The van der Waals surface area contributed by atoms with Gasteiger partial charge in [-0.3, -0.25) is 0 Å². The Bertz CT molecular complexity index is 1050. The van der Waals surface area contributed by atoms with Crippen molar-refractivity contribution in [3.63, 3.8) is 0 Å². The van der Waals surface area contributed by atoms with Gasteiger partial charge in [0.25, 0.3) is 0 Å². The van der Waals surface area contributed by atoms with E-state index in [0.717, 1.165) is 0 Å². The highest BCUT2D eigenvalue weighted by Crippen LogP contribution is 2.49. The van der Waals surface area contributed by atoms with Crippen molar-refractivity contribution >= 4 is 22.1 Å². The summed E-state index contributed by atoms with van der Waals surface area (Å²) in [5.74, 6) is 0. The van der Waals surface area contributed by atoms with Gasteiger partial charge in [0.1, 0.15) is 0 Å². The molecule has 0 atom stereocenters. The molecule has 4 aromatic rings. The molecule has 5 rings (SSSR count). The molecule has 0 saturated carbocycles. The molecule has 1 nitrogen and oxygen atoms in total. The topological polar surface area (TPSA) is 12.0 Å². The summed E-state index contributed by atoms with van der Waals surface area (Å²) in [6.07, 6.45) is 0. The fraction of sp³-hybridized carbons (Fsp3) is 0.0833. The lowest BCUT2D eigenvalue weighted by Gasteiger charge is -2.39. The Morgan fingerprint density at radius 1 is 0.600 bits per heavy atom. The first-order valence-corrected chi connectivity index (χ1v) is 8.72. The average molecular weight is 321 g/mol. The summed E-state index contributed by atoms with van der Waals surface area (Å²) in [7, 11) is 0. The zero-order valence-corrected chi connectivity index (χ0v) is 14.2. The Labute approximate surface area is 148 Å². The summed E-state index contributed by atoms with van der Waals surface area (Å²) in [6.45, 7) is 2.34. The van der Waals surface area contributed by atoms with Crippen LogP contribution in [-0.4, -0.2) is 0 Å². The molecule has 1 heteroatoms. The van der Waals surface area contributed by atoms with Gasteiger partial charge in [-0.1, -0.05) is 72.8 Å². The summed E-state index contributed by atoms with van der Waals surface area (Å²) in [6, 6.07) is 32.7. The summed E-state index contributed by atoms with van der Waals surface area (Å²) in [5.41, 5.74) is 6.18. The van der Waals surface area contributed by atoms with E-state index in [2.05, 4.69) is 103 Å². The van der Waals surface area contributed by atoms with Crippen LogP contribution in [-0.2, 0) is 5.41 Å². The number of anilines is 2. The molecule has 0 saturated heterocycles. The first kappa shape index (κ1) is 14.3. The molecule has 1 heterocycles. The first-order chi connectivity index (χ1) is 12.3. The third-order valence-electron chi connectivity index (χ3n) is 5.53. The molecule has 1 N–H and O–H groups in total. The zero-order chi connectivity index (χ0) is 16.9. The Hall–Kier alpha value is -3.06. The first-order valence-electron chi connectivity index (χ1n) is 8.72. The fourth-order valence-electron chi connectivity index (χ4n) is 4.16. The fourth-order valence-corrected chi connectivity index (χ4v) is 4.16. The third kappa shape index (κ3) is 2.02. The molecular weight excluding hydrogens is 302 g/mol. The number of nitrogens with one attached hydrogen (secondary N) is 1. The van der Waals surface area contributed by atoms with E-state index in [4.69, 9.17) is 0 Å². The van der Waals surface area contributed by atoms with Crippen molar-refractivity contribution in [3.05, 3.63) is 108 Å². The minimum absolute atomic E-state index is 0.178. The molecule has 4 aromatic carbocycles. The van der Waals surface area contributed by atoms with Gasteiger partial charge in [-0.25, -0.2) is 0 Å². The Morgan fingerprint density at radius 2 is 1.16 bits per heavy atom. The second-order valence-corrected chi connectivity index (χ2v) is 6.90. The zero-order valence-electron chi connectivity index (χ0n) is 14.2. The second-order valence-electron chi connectivity index (χ2n) is 6.90. The van der Waals surface area contributed by atoms with Crippen molar-refractivity contribution in [1.29, 1.82) is 0 Å². The summed E-state index contributed by atoms with van der Waals surface area (Å²) < 4.78 is 0. The van der Waals surface area contributed by atoms with Crippen molar-refractivity contribution in [2.45, 2.75) is 12.3 Å². The van der Waals surface area contributed by atoms with Gasteiger partial charge in [0.05, 0.1) is 0 Å². The second kappa shape index (κ2) is 5.22. The molecule has 0 bridgehead atoms. The van der Waals surface area contributed by atoms with Crippen molar-refractivity contribution in [2.75, 3.05) is 5.32 Å². The lowest BCUT2D eigenvalue weighted by molar-refractivity contribution is 0.690. The lowest BCUT2D eigenvalue weighted by Crippen LogP contribution is -2.30. The van der Waals surface area contributed by atoms with Crippen LogP contribution >= 0.6 is 0 Å². The predicted molar refractivity (Wildman–Crippen MR) is 106 cm³/mol. The van der Waals surface area contributed by atoms with Gasteiger partial charge in [-0.2, -0.15) is 0 Å². The van der Waals surface area contributed by atoms with Gasteiger partial charge in [-0.15, -0.1) is 0 Å². The molecule has 0 fully saturated rings. The largest absolute Gasteiger partial charge is 0.355 e. The van der Waals surface area contributed by atoms with Gasteiger partial charge in [0.2, 0.25) is 0 Å². The van der Waals surface area contributed by atoms with Crippen molar-refractivity contribution < 1.29 is 0 Å². The van der Waals surface area contributed by atoms with E-state index >= 15 is 0 Å². The smallest absolute Gasteiger partial charge is 0.0464 e. The van der Waals surface area contributed by atoms with Gasteiger partial charge in [-0.05, 0) is 52.6 Å². The average Bonchev–Trinajstić information content (AvgIpc) is 2.68. The third-order valence-corrected chi connectivity index (χ3v) is 5.53. The van der Waals surface area contributed by atoms with Crippen LogP contribution in [0.4, 0.5) is 11.4 Å². The molecule has 0 unspecified atom stereocenters. The van der Waals surface area contributed by atoms with Crippen LogP contribution in [0.2, 0.25) is 0 Å². The van der Waals surface area contributed by atoms with Gasteiger partial charge < -0.3 is 5.32 Å². The van der Waals surface area contributed by atoms with E-state index in [1.807, 2.05) is 0 Å². The molecule has 0 aliphatic carbocycles. The maximum atomic E-state index is 3.60. The van der Waals surface area contributed by atoms with Crippen LogP contribution in [0, 0.1) is 0 Å². The van der Waals surface area contributed by atoms with Crippen LogP contribution in [0.3, 0.4) is 0 Å². The number of rotatable bonds is 1. The quantitative estimate of drug-likeness (QED) is 0.437.